The van der Waals surface area contributed by atoms with Crippen LogP contribution in [0.25, 0.3) is 10.9 Å². The zero-order valence-electron chi connectivity index (χ0n) is 20.5. The van der Waals surface area contributed by atoms with E-state index in [1.807, 2.05) is 0 Å². The van der Waals surface area contributed by atoms with Crippen LogP contribution in [-0.2, 0) is 4.74 Å². The number of hydrogen-bond acceptors (Lipinski definition) is 5. The van der Waals surface area contributed by atoms with Gasteiger partial charge in [0.1, 0.15) is 23.3 Å². The molecule has 35 heavy (non-hydrogen) atoms. The lowest BCUT2D eigenvalue weighted by Crippen LogP contribution is -2.35. The molecule has 0 spiro atoms. The van der Waals surface area contributed by atoms with Crippen LogP contribution in [0.2, 0.25) is 0 Å². The van der Waals surface area contributed by atoms with Gasteiger partial charge >= 0.3 is 5.97 Å². The highest BCUT2D eigenvalue weighted by Crippen LogP contribution is 2.35. The number of ether oxygens (including phenoxy) is 1. The smallest absolute Gasteiger partial charge is 0.341 e. The van der Waals surface area contributed by atoms with E-state index >= 15 is 8.78 Å². The van der Waals surface area contributed by atoms with E-state index in [1.54, 1.807) is 11.8 Å². The van der Waals surface area contributed by atoms with Gasteiger partial charge in [-0.05, 0) is 63.6 Å². The highest BCUT2D eigenvalue weighted by atomic mass is 19.1. The third kappa shape index (κ3) is 5.35. The van der Waals surface area contributed by atoms with Crippen LogP contribution < -0.4 is 15.6 Å². The number of piperidine rings is 2. The fourth-order valence-corrected chi connectivity index (χ4v) is 5.58. The Morgan fingerprint density at radius 1 is 1.17 bits per heavy atom. The third-order valence-corrected chi connectivity index (χ3v) is 7.76. The number of methoxy groups -OCH3 is 1. The van der Waals surface area contributed by atoms with E-state index in [0.29, 0.717) is 19.0 Å². The quantitative estimate of drug-likeness (QED) is 0.565. The van der Waals surface area contributed by atoms with Gasteiger partial charge in [0.15, 0.2) is 5.82 Å². The molecule has 0 saturated carbocycles. The molecule has 1 aromatic heterocycles. The molecule has 2 fully saturated rings. The predicted molar refractivity (Wildman–Crippen MR) is 131 cm³/mol. The van der Waals surface area contributed by atoms with Gasteiger partial charge in [-0.3, -0.25) is 4.79 Å². The van der Waals surface area contributed by atoms with Crippen molar-refractivity contribution in [2.45, 2.75) is 58.1 Å². The molecule has 1 aromatic carbocycles. The third-order valence-electron chi connectivity index (χ3n) is 7.76. The van der Waals surface area contributed by atoms with E-state index in [-0.39, 0.29) is 16.6 Å². The molecule has 0 radical (unpaired) electrons. The Kier molecular flexibility index (Phi) is 8.06. The lowest BCUT2D eigenvalue weighted by Gasteiger charge is -2.34. The van der Waals surface area contributed by atoms with E-state index < -0.39 is 34.8 Å². The highest BCUT2D eigenvalue weighted by molar-refractivity contribution is 5.94. The second-order valence-corrected chi connectivity index (χ2v) is 9.89. The zero-order chi connectivity index (χ0) is 25.1. The standard InChI is InChI=1S/C26H35F2N3O4/c1-16(35-2)31-15-20(26(33)34)25(32)19-14-21(27)24(22(28)23(19)31)30-12-8-18(9-13-30)5-3-4-17-6-10-29-11-7-17/h14-18,29H,3-13H2,1-2H3,(H,33,34). The van der Waals surface area contributed by atoms with Crippen LogP contribution in [0, 0.1) is 23.5 Å². The number of nitrogens with one attached hydrogen (secondary N) is 1. The summed E-state index contributed by atoms with van der Waals surface area (Å²) < 4.78 is 37.6. The maximum Gasteiger partial charge on any atom is 0.341 e. The highest BCUT2D eigenvalue weighted by Gasteiger charge is 2.28. The predicted octanol–water partition coefficient (Wildman–Crippen LogP) is 4.53. The summed E-state index contributed by atoms with van der Waals surface area (Å²) >= 11 is 0. The van der Waals surface area contributed by atoms with Crippen molar-refractivity contribution in [3.05, 3.63) is 39.7 Å². The van der Waals surface area contributed by atoms with Gasteiger partial charge in [0, 0.05) is 26.4 Å². The molecule has 1 atom stereocenters. The Morgan fingerprint density at radius 2 is 1.80 bits per heavy atom. The van der Waals surface area contributed by atoms with E-state index in [0.717, 1.165) is 50.5 Å². The average molecular weight is 492 g/mol. The molecule has 0 aliphatic carbocycles. The van der Waals surface area contributed by atoms with Gasteiger partial charge in [0.2, 0.25) is 5.43 Å². The van der Waals surface area contributed by atoms with Crippen molar-refractivity contribution in [3.8, 4) is 0 Å². The van der Waals surface area contributed by atoms with Crippen molar-refractivity contribution in [2.24, 2.45) is 11.8 Å². The van der Waals surface area contributed by atoms with Crippen LogP contribution in [0.5, 0.6) is 0 Å². The zero-order valence-corrected chi connectivity index (χ0v) is 20.5. The minimum absolute atomic E-state index is 0.144. The molecule has 4 rings (SSSR count). The first-order valence-electron chi connectivity index (χ1n) is 12.6. The summed E-state index contributed by atoms with van der Waals surface area (Å²) in [5, 5.41) is 12.5. The molecule has 2 aliphatic rings. The van der Waals surface area contributed by atoms with Crippen LogP contribution in [-0.4, -0.2) is 48.9 Å². The number of benzene rings is 1. The molecule has 3 heterocycles. The number of pyridine rings is 1. The monoisotopic (exact) mass is 491 g/mol. The maximum atomic E-state index is 15.8. The fourth-order valence-electron chi connectivity index (χ4n) is 5.58. The van der Waals surface area contributed by atoms with Gasteiger partial charge in [0.25, 0.3) is 0 Å². The Morgan fingerprint density at radius 3 is 2.40 bits per heavy atom. The molecule has 2 saturated heterocycles. The second kappa shape index (κ2) is 11.0. The van der Waals surface area contributed by atoms with E-state index in [4.69, 9.17) is 4.74 Å². The molecule has 192 valence electrons. The van der Waals surface area contributed by atoms with Gasteiger partial charge in [-0.1, -0.05) is 19.3 Å². The largest absolute Gasteiger partial charge is 0.477 e. The summed E-state index contributed by atoms with van der Waals surface area (Å²) in [5.74, 6) is -1.81. The van der Waals surface area contributed by atoms with E-state index in [9.17, 15) is 14.7 Å². The van der Waals surface area contributed by atoms with Gasteiger partial charge in [-0.2, -0.15) is 0 Å². The summed E-state index contributed by atoms with van der Waals surface area (Å²) in [4.78, 5) is 26.0. The van der Waals surface area contributed by atoms with Crippen LogP contribution >= 0.6 is 0 Å². The first-order chi connectivity index (χ1) is 16.8. The molecule has 7 nitrogen and oxygen atoms in total. The van der Waals surface area contributed by atoms with Crippen molar-refractivity contribution >= 4 is 22.6 Å². The van der Waals surface area contributed by atoms with Gasteiger partial charge < -0.3 is 24.6 Å². The lowest BCUT2D eigenvalue weighted by molar-refractivity contribution is 0.0616. The van der Waals surface area contributed by atoms with Crippen molar-refractivity contribution in [2.75, 3.05) is 38.2 Å². The Labute approximate surface area is 204 Å². The first kappa shape index (κ1) is 25.6. The first-order valence-corrected chi connectivity index (χ1v) is 12.6. The van der Waals surface area contributed by atoms with Gasteiger partial charge in [0.05, 0.1) is 10.9 Å². The summed E-state index contributed by atoms with van der Waals surface area (Å²) in [5.41, 5.74) is -1.78. The lowest BCUT2D eigenvalue weighted by atomic mass is 9.87. The minimum Gasteiger partial charge on any atom is -0.477 e. The molecule has 9 heteroatoms. The number of carbonyl (C=O) groups is 1. The SMILES string of the molecule is COC(C)n1cc(C(=O)O)c(=O)c2cc(F)c(N3CCC(CCCC4CCNCC4)CC3)c(F)c21. The van der Waals surface area contributed by atoms with E-state index in [1.165, 1.54) is 37.4 Å². The van der Waals surface area contributed by atoms with Crippen molar-refractivity contribution in [1.82, 2.24) is 9.88 Å². The molecule has 0 bridgehead atoms. The topological polar surface area (TPSA) is 83.8 Å². The average Bonchev–Trinajstić information content (AvgIpc) is 2.85. The number of halogens is 2. The van der Waals surface area contributed by atoms with Crippen molar-refractivity contribution in [3.63, 3.8) is 0 Å². The number of carboxylic acid groups (broad SMARTS) is 1. The second-order valence-electron chi connectivity index (χ2n) is 9.89. The summed E-state index contributed by atoms with van der Waals surface area (Å²) in [6.45, 7) is 4.90. The van der Waals surface area contributed by atoms with Crippen LogP contribution in [0.3, 0.4) is 0 Å². The summed E-state index contributed by atoms with van der Waals surface area (Å²) in [6.07, 6.45) is 8.13. The number of aromatic carboxylic acids is 1. The summed E-state index contributed by atoms with van der Waals surface area (Å²) in [7, 11) is 1.40. The molecular formula is C26H35F2N3O4. The Hall–Kier alpha value is -2.52. The number of carboxylic acids is 1. The fraction of sp³-hybridized carbons (Fsp3) is 0.615. The molecule has 2 aromatic rings. The van der Waals surface area contributed by atoms with Gasteiger partial charge in [-0.25, -0.2) is 13.6 Å². The molecule has 2 aliphatic heterocycles. The number of hydrogen-bond donors (Lipinski definition) is 2. The number of anilines is 1. The minimum atomic E-state index is -1.46. The van der Waals surface area contributed by atoms with Crippen molar-refractivity contribution in [1.29, 1.82) is 0 Å². The molecule has 0 amide bonds. The summed E-state index contributed by atoms with van der Waals surface area (Å²) in [6, 6.07) is 0.965. The number of fused-ring (bicyclic) bond motifs is 1. The Balaban J connectivity index is 1.54. The molecule has 1 unspecified atom stereocenters. The molecular weight excluding hydrogens is 456 g/mol. The van der Waals surface area contributed by atoms with Crippen molar-refractivity contribution < 1.29 is 23.4 Å². The maximum absolute atomic E-state index is 15.8. The number of aromatic nitrogens is 1. The van der Waals surface area contributed by atoms with Crippen LogP contribution in [0.1, 0.15) is 68.5 Å². The Bertz CT molecular complexity index is 1120. The number of rotatable bonds is 8. The van der Waals surface area contributed by atoms with Crippen LogP contribution in [0.4, 0.5) is 14.5 Å². The number of nitrogens with zero attached hydrogens (tertiary/aromatic N) is 2. The molecule has 2 N–H and O–H groups in total. The van der Waals surface area contributed by atoms with Gasteiger partial charge in [-0.15, -0.1) is 0 Å². The van der Waals surface area contributed by atoms with Crippen LogP contribution in [0.15, 0.2) is 17.1 Å². The normalized spacial score (nSPS) is 18.8. The van der Waals surface area contributed by atoms with E-state index in [2.05, 4.69) is 5.32 Å².